The summed E-state index contributed by atoms with van der Waals surface area (Å²) >= 11 is 0. The Balaban J connectivity index is 2.35. The number of nitrogens with zero attached hydrogens (tertiary/aromatic N) is 3. The summed E-state index contributed by atoms with van der Waals surface area (Å²) in [5, 5.41) is 4.07. The number of hydrogen-bond donors (Lipinski definition) is 1. The first-order chi connectivity index (χ1) is 12.6. The first-order valence-electron chi connectivity index (χ1n) is 7.76. The van der Waals surface area contributed by atoms with Crippen molar-refractivity contribution >= 4 is 11.8 Å². The molecule has 0 saturated carbocycles. The molecule has 0 saturated heterocycles. The third-order valence-corrected chi connectivity index (χ3v) is 3.28. The number of hydrogen-bond acceptors (Lipinski definition) is 8. The number of methoxy groups -OCH3 is 3. The molecule has 0 fully saturated rings. The number of amides is 1. The molecular weight excluding hydrogens is 340 g/mol. The van der Waals surface area contributed by atoms with Crippen molar-refractivity contribution < 1.29 is 23.7 Å². The Morgan fingerprint density at radius 1 is 1.12 bits per heavy atom. The van der Waals surface area contributed by atoms with E-state index < -0.39 is 6.09 Å². The third-order valence-electron chi connectivity index (χ3n) is 3.28. The molecule has 138 valence electrons. The van der Waals surface area contributed by atoms with Gasteiger partial charge >= 0.3 is 12.1 Å². The van der Waals surface area contributed by atoms with Crippen LogP contribution in [0.5, 0.6) is 23.5 Å². The number of ether oxygens (including phenoxy) is 4. The average Bonchev–Trinajstić information content (AvgIpc) is 2.68. The van der Waals surface area contributed by atoms with E-state index in [4.69, 9.17) is 14.2 Å². The number of carbonyl (C=O) groups is 1. The molecular formula is C17H20N4O5. The zero-order valence-corrected chi connectivity index (χ0v) is 15.0. The van der Waals surface area contributed by atoms with Crippen LogP contribution in [0, 0.1) is 0 Å². The van der Waals surface area contributed by atoms with Crippen molar-refractivity contribution in [1.29, 1.82) is 0 Å². The molecule has 1 aromatic carbocycles. The molecule has 1 aromatic heterocycles. The fourth-order valence-electron chi connectivity index (χ4n) is 2.02. The molecule has 2 rings (SSSR count). The standard InChI is InChI=1S/C17H20N4O5/c1-5-12(20-21-17(22)25-4)11-8-6-7-9-13(11)26-16-18-14(23-2)10-15(19-16)24-3/h6-10H,5H2,1-4H3,(H,21,22). The van der Waals surface area contributed by atoms with Gasteiger partial charge in [0.15, 0.2) is 0 Å². The Labute approximate surface area is 151 Å². The van der Waals surface area contributed by atoms with E-state index in [0.29, 0.717) is 35.2 Å². The third kappa shape index (κ3) is 4.82. The van der Waals surface area contributed by atoms with Gasteiger partial charge in [0, 0.05) is 5.56 Å². The smallest absolute Gasteiger partial charge is 0.427 e. The molecule has 0 unspecified atom stereocenters. The molecule has 0 aliphatic heterocycles. The van der Waals surface area contributed by atoms with Crippen LogP contribution in [0.1, 0.15) is 18.9 Å². The Hall–Kier alpha value is -3.36. The molecule has 1 heterocycles. The van der Waals surface area contributed by atoms with Gasteiger partial charge in [0.1, 0.15) is 5.75 Å². The summed E-state index contributed by atoms with van der Waals surface area (Å²) in [4.78, 5) is 19.5. The van der Waals surface area contributed by atoms with Crippen molar-refractivity contribution in [2.45, 2.75) is 13.3 Å². The van der Waals surface area contributed by atoms with Crippen LogP contribution < -0.4 is 19.6 Å². The summed E-state index contributed by atoms with van der Waals surface area (Å²) in [5.41, 5.74) is 3.59. The molecule has 9 nitrogen and oxygen atoms in total. The number of rotatable bonds is 7. The van der Waals surface area contributed by atoms with Crippen molar-refractivity contribution in [3.63, 3.8) is 0 Å². The molecule has 0 bridgehead atoms. The fourth-order valence-corrected chi connectivity index (χ4v) is 2.02. The second-order valence-electron chi connectivity index (χ2n) is 4.85. The maximum Gasteiger partial charge on any atom is 0.427 e. The largest absolute Gasteiger partial charge is 0.481 e. The molecule has 0 aliphatic carbocycles. The summed E-state index contributed by atoms with van der Waals surface area (Å²) in [5.74, 6) is 1.08. The van der Waals surface area contributed by atoms with Crippen LogP contribution in [0.3, 0.4) is 0 Å². The van der Waals surface area contributed by atoms with Crippen LogP contribution in [0.15, 0.2) is 35.4 Å². The Morgan fingerprint density at radius 3 is 2.35 bits per heavy atom. The van der Waals surface area contributed by atoms with Gasteiger partial charge in [-0.15, -0.1) is 0 Å². The first kappa shape index (κ1) is 19.0. The van der Waals surface area contributed by atoms with Crippen molar-refractivity contribution in [2.24, 2.45) is 5.10 Å². The lowest BCUT2D eigenvalue weighted by Crippen LogP contribution is -2.19. The maximum absolute atomic E-state index is 11.3. The van der Waals surface area contributed by atoms with E-state index in [9.17, 15) is 4.79 Å². The van der Waals surface area contributed by atoms with E-state index in [1.54, 1.807) is 12.1 Å². The van der Waals surface area contributed by atoms with Gasteiger partial charge in [-0.05, 0) is 18.6 Å². The lowest BCUT2D eigenvalue weighted by molar-refractivity contribution is 0.171. The summed E-state index contributed by atoms with van der Waals surface area (Å²) in [6.07, 6.45) is -0.109. The van der Waals surface area contributed by atoms with Crippen LogP contribution in [-0.4, -0.2) is 43.1 Å². The molecule has 2 aromatic rings. The molecule has 26 heavy (non-hydrogen) atoms. The summed E-state index contributed by atoms with van der Waals surface area (Å²) in [7, 11) is 4.24. The van der Waals surface area contributed by atoms with Crippen LogP contribution >= 0.6 is 0 Å². The average molecular weight is 360 g/mol. The van der Waals surface area contributed by atoms with Gasteiger partial charge in [0.2, 0.25) is 11.8 Å². The predicted octanol–water partition coefficient (Wildman–Crippen LogP) is 2.76. The highest BCUT2D eigenvalue weighted by molar-refractivity contribution is 6.03. The van der Waals surface area contributed by atoms with E-state index in [1.165, 1.54) is 27.4 Å². The van der Waals surface area contributed by atoms with Crippen molar-refractivity contribution in [2.75, 3.05) is 21.3 Å². The van der Waals surface area contributed by atoms with Crippen molar-refractivity contribution in [1.82, 2.24) is 15.4 Å². The number of nitrogens with one attached hydrogen (secondary N) is 1. The van der Waals surface area contributed by atoms with Gasteiger partial charge in [-0.1, -0.05) is 19.1 Å². The van der Waals surface area contributed by atoms with Crippen molar-refractivity contribution in [3.05, 3.63) is 35.9 Å². The first-order valence-corrected chi connectivity index (χ1v) is 7.76. The monoisotopic (exact) mass is 360 g/mol. The van der Waals surface area contributed by atoms with Gasteiger partial charge in [-0.25, -0.2) is 10.2 Å². The van der Waals surface area contributed by atoms with Gasteiger partial charge in [0.05, 0.1) is 33.1 Å². The molecule has 9 heteroatoms. The van der Waals surface area contributed by atoms with Gasteiger partial charge in [-0.3, -0.25) is 0 Å². The maximum atomic E-state index is 11.3. The molecule has 0 atom stereocenters. The van der Waals surface area contributed by atoms with E-state index in [0.717, 1.165) is 0 Å². The van der Waals surface area contributed by atoms with Crippen molar-refractivity contribution in [3.8, 4) is 23.5 Å². The topological polar surface area (TPSA) is 104 Å². The van der Waals surface area contributed by atoms with E-state index in [1.807, 2.05) is 19.1 Å². The van der Waals surface area contributed by atoms with Gasteiger partial charge < -0.3 is 18.9 Å². The minimum absolute atomic E-state index is 0.0602. The predicted molar refractivity (Wildman–Crippen MR) is 94.0 cm³/mol. The minimum Gasteiger partial charge on any atom is -0.481 e. The van der Waals surface area contributed by atoms with E-state index in [2.05, 4.69) is 25.2 Å². The highest BCUT2D eigenvalue weighted by Gasteiger charge is 2.13. The normalized spacial score (nSPS) is 10.8. The number of benzene rings is 1. The minimum atomic E-state index is -0.657. The molecule has 1 N–H and O–H groups in total. The second-order valence-corrected chi connectivity index (χ2v) is 4.85. The fraction of sp³-hybridized carbons (Fsp3) is 0.294. The lowest BCUT2D eigenvalue weighted by Gasteiger charge is -2.12. The van der Waals surface area contributed by atoms with E-state index in [-0.39, 0.29) is 6.01 Å². The van der Waals surface area contributed by atoms with Crippen LogP contribution in [0.4, 0.5) is 4.79 Å². The summed E-state index contributed by atoms with van der Waals surface area (Å²) in [6, 6.07) is 8.79. The SMILES string of the molecule is CCC(=NNC(=O)OC)c1ccccc1Oc1nc(OC)cc(OC)n1. The zero-order chi connectivity index (χ0) is 18.9. The summed E-state index contributed by atoms with van der Waals surface area (Å²) < 4.78 is 20.6. The number of carbonyl (C=O) groups excluding carboxylic acids is 1. The van der Waals surface area contributed by atoms with E-state index >= 15 is 0 Å². The summed E-state index contributed by atoms with van der Waals surface area (Å²) in [6.45, 7) is 1.90. The molecule has 0 spiro atoms. The number of hydrazone groups is 1. The zero-order valence-electron chi connectivity index (χ0n) is 15.0. The lowest BCUT2D eigenvalue weighted by atomic mass is 10.1. The molecule has 0 aliphatic rings. The van der Waals surface area contributed by atoms with Crippen LogP contribution in [-0.2, 0) is 4.74 Å². The van der Waals surface area contributed by atoms with Gasteiger partial charge in [0.25, 0.3) is 0 Å². The Kier molecular flexibility index (Phi) is 6.72. The number of para-hydroxylation sites is 1. The molecule has 0 radical (unpaired) electrons. The van der Waals surface area contributed by atoms with Gasteiger partial charge in [-0.2, -0.15) is 15.1 Å². The Bertz CT molecular complexity index is 772. The second kappa shape index (κ2) is 9.21. The molecule has 1 amide bonds. The highest BCUT2D eigenvalue weighted by atomic mass is 16.5. The number of aromatic nitrogens is 2. The highest BCUT2D eigenvalue weighted by Crippen LogP contribution is 2.27. The quantitative estimate of drug-likeness (QED) is 0.598. The van der Waals surface area contributed by atoms with Crippen LogP contribution in [0.25, 0.3) is 0 Å². The van der Waals surface area contributed by atoms with Crippen LogP contribution in [0.2, 0.25) is 0 Å². The Morgan fingerprint density at radius 2 is 1.77 bits per heavy atom.